The van der Waals surface area contributed by atoms with Crippen molar-refractivity contribution in [3.8, 4) is 11.5 Å². The fourth-order valence-corrected chi connectivity index (χ4v) is 4.74. The molecule has 0 aromatic heterocycles. The molecule has 0 bridgehead atoms. The third-order valence-corrected chi connectivity index (χ3v) is 6.74. The van der Waals surface area contributed by atoms with E-state index in [2.05, 4.69) is 19.2 Å². The molecule has 9 heteroatoms. The molecule has 1 N–H and O–H groups in total. The number of rotatable bonds is 9. The lowest BCUT2D eigenvalue weighted by molar-refractivity contribution is -0.123. The Morgan fingerprint density at radius 2 is 1.79 bits per heavy atom. The Morgan fingerprint density at radius 1 is 1.05 bits per heavy atom. The maximum Gasteiger partial charge on any atom is 0.293 e. The normalized spacial score (nSPS) is 14.3. The van der Waals surface area contributed by atoms with Crippen LogP contribution in [0.1, 0.15) is 36.5 Å². The van der Waals surface area contributed by atoms with Gasteiger partial charge in [0.15, 0.2) is 18.1 Å². The van der Waals surface area contributed by atoms with Gasteiger partial charge in [-0.15, -0.1) is 0 Å². The Hall–Kier alpha value is -4.11. The van der Waals surface area contributed by atoms with E-state index in [1.165, 1.54) is 31.4 Å². The highest BCUT2D eigenvalue weighted by Crippen LogP contribution is 2.35. The number of hydrogen-bond acceptors (Lipinski definition) is 6. The SMILES string of the molecule is COc1cc(/C=C2\SC(=O)N(Cc3ccc(F)cc3)C2=O)ccc1OCC(=O)Nc1ccccc1C(C)C. The van der Waals surface area contributed by atoms with Crippen LogP contribution in [-0.2, 0) is 16.1 Å². The number of methoxy groups -OCH3 is 1. The van der Waals surface area contributed by atoms with Gasteiger partial charge in [0.25, 0.3) is 17.1 Å². The minimum absolute atomic E-state index is 0.0576. The molecule has 1 aliphatic heterocycles. The van der Waals surface area contributed by atoms with Gasteiger partial charge >= 0.3 is 0 Å². The summed E-state index contributed by atoms with van der Waals surface area (Å²) in [4.78, 5) is 39.2. The van der Waals surface area contributed by atoms with Crippen LogP contribution in [0.25, 0.3) is 6.08 Å². The van der Waals surface area contributed by atoms with Gasteiger partial charge < -0.3 is 14.8 Å². The smallest absolute Gasteiger partial charge is 0.293 e. The van der Waals surface area contributed by atoms with Crippen LogP contribution in [0, 0.1) is 5.82 Å². The number of nitrogens with one attached hydrogen (secondary N) is 1. The molecule has 0 radical (unpaired) electrons. The second-order valence-electron chi connectivity index (χ2n) is 8.88. The van der Waals surface area contributed by atoms with E-state index in [0.29, 0.717) is 22.6 Å². The number of imide groups is 1. The summed E-state index contributed by atoms with van der Waals surface area (Å²) in [6.07, 6.45) is 1.59. The molecule has 4 rings (SSSR count). The molecule has 196 valence electrons. The second kappa shape index (κ2) is 12.0. The van der Waals surface area contributed by atoms with Crippen molar-refractivity contribution in [1.82, 2.24) is 4.90 Å². The van der Waals surface area contributed by atoms with E-state index in [1.807, 2.05) is 24.3 Å². The third-order valence-electron chi connectivity index (χ3n) is 5.83. The van der Waals surface area contributed by atoms with Gasteiger partial charge in [0, 0.05) is 5.69 Å². The third kappa shape index (κ3) is 6.41. The Bertz CT molecular complexity index is 1390. The van der Waals surface area contributed by atoms with Gasteiger partial charge in [0.1, 0.15) is 5.82 Å². The summed E-state index contributed by atoms with van der Waals surface area (Å²) in [5.74, 6) is -0.132. The van der Waals surface area contributed by atoms with E-state index < -0.39 is 11.1 Å². The molecule has 0 saturated carbocycles. The van der Waals surface area contributed by atoms with E-state index in [0.717, 1.165) is 27.9 Å². The van der Waals surface area contributed by atoms with E-state index in [-0.39, 0.29) is 35.7 Å². The summed E-state index contributed by atoms with van der Waals surface area (Å²) >= 11 is 0.834. The second-order valence-corrected chi connectivity index (χ2v) is 9.88. The summed E-state index contributed by atoms with van der Waals surface area (Å²) in [5.41, 5.74) is 3.04. The van der Waals surface area contributed by atoms with Crippen molar-refractivity contribution in [2.24, 2.45) is 0 Å². The molecule has 3 amide bonds. The number of anilines is 1. The predicted molar refractivity (Wildman–Crippen MR) is 146 cm³/mol. The monoisotopic (exact) mass is 534 g/mol. The minimum atomic E-state index is -0.429. The molecular weight excluding hydrogens is 507 g/mol. The Balaban J connectivity index is 1.42. The van der Waals surface area contributed by atoms with E-state index in [1.54, 1.807) is 24.3 Å². The van der Waals surface area contributed by atoms with Gasteiger partial charge in [0.2, 0.25) is 0 Å². The van der Waals surface area contributed by atoms with Crippen molar-refractivity contribution >= 4 is 40.6 Å². The van der Waals surface area contributed by atoms with E-state index in [9.17, 15) is 18.8 Å². The van der Waals surface area contributed by atoms with Crippen molar-refractivity contribution in [1.29, 1.82) is 0 Å². The molecule has 1 heterocycles. The molecule has 1 saturated heterocycles. The highest BCUT2D eigenvalue weighted by molar-refractivity contribution is 8.18. The average molecular weight is 535 g/mol. The minimum Gasteiger partial charge on any atom is -0.493 e. The summed E-state index contributed by atoms with van der Waals surface area (Å²) in [6.45, 7) is 3.95. The van der Waals surface area contributed by atoms with Gasteiger partial charge in [0.05, 0.1) is 18.6 Å². The van der Waals surface area contributed by atoms with Crippen LogP contribution in [0.15, 0.2) is 71.6 Å². The molecule has 7 nitrogen and oxygen atoms in total. The fraction of sp³-hybridized carbons (Fsp3) is 0.207. The fourth-order valence-electron chi connectivity index (χ4n) is 3.90. The predicted octanol–water partition coefficient (Wildman–Crippen LogP) is 6.21. The number of nitrogens with zero attached hydrogens (tertiary/aromatic N) is 1. The first-order chi connectivity index (χ1) is 18.2. The summed E-state index contributed by atoms with van der Waals surface area (Å²) in [7, 11) is 1.47. The van der Waals surface area contributed by atoms with Crippen LogP contribution in [0.3, 0.4) is 0 Å². The van der Waals surface area contributed by atoms with Gasteiger partial charge in [-0.1, -0.05) is 50.2 Å². The number of hydrogen-bond donors (Lipinski definition) is 1. The molecular formula is C29H27FN2O5S. The number of thioether (sulfide) groups is 1. The van der Waals surface area contributed by atoms with Gasteiger partial charge in [-0.05, 0) is 70.8 Å². The molecule has 0 aliphatic carbocycles. The molecule has 3 aromatic carbocycles. The largest absolute Gasteiger partial charge is 0.493 e. The first kappa shape index (κ1) is 26.9. The van der Waals surface area contributed by atoms with Crippen molar-refractivity contribution in [3.05, 3.63) is 94.1 Å². The average Bonchev–Trinajstić information content (AvgIpc) is 3.16. The summed E-state index contributed by atoms with van der Waals surface area (Å²) in [5, 5.41) is 2.48. The van der Waals surface area contributed by atoms with Crippen LogP contribution in [0.2, 0.25) is 0 Å². The maximum absolute atomic E-state index is 13.2. The quantitative estimate of drug-likeness (QED) is 0.329. The number of benzene rings is 3. The lowest BCUT2D eigenvalue weighted by Crippen LogP contribution is -2.27. The Kier molecular flexibility index (Phi) is 8.48. The Labute approximate surface area is 224 Å². The van der Waals surface area contributed by atoms with Gasteiger partial charge in [-0.2, -0.15) is 0 Å². The maximum atomic E-state index is 13.2. The molecule has 0 atom stereocenters. The zero-order chi connectivity index (χ0) is 27.2. The number of amides is 3. The summed E-state index contributed by atoms with van der Waals surface area (Å²) in [6, 6.07) is 18.3. The van der Waals surface area contributed by atoms with Crippen LogP contribution in [-0.4, -0.2) is 35.7 Å². The van der Waals surface area contributed by atoms with Gasteiger partial charge in [-0.3, -0.25) is 19.3 Å². The number of para-hydroxylation sites is 1. The van der Waals surface area contributed by atoms with Crippen molar-refractivity contribution < 1.29 is 28.2 Å². The van der Waals surface area contributed by atoms with Crippen molar-refractivity contribution in [3.63, 3.8) is 0 Å². The van der Waals surface area contributed by atoms with E-state index >= 15 is 0 Å². The Morgan fingerprint density at radius 3 is 2.50 bits per heavy atom. The van der Waals surface area contributed by atoms with Crippen LogP contribution >= 0.6 is 11.8 Å². The lowest BCUT2D eigenvalue weighted by atomic mass is 10.0. The molecule has 3 aromatic rings. The van der Waals surface area contributed by atoms with Crippen LogP contribution < -0.4 is 14.8 Å². The van der Waals surface area contributed by atoms with Crippen molar-refractivity contribution in [2.75, 3.05) is 19.0 Å². The number of halogens is 1. The first-order valence-corrected chi connectivity index (χ1v) is 12.8. The molecule has 1 fully saturated rings. The zero-order valence-corrected chi connectivity index (χ0v) is 22.0. The molecule has 38 heavy (non-hydrogen) atoms. The highest BCUT2D eigenvalue weighted by Gasteiger charge is 2.35. The number of carbonyl (C=O) groups is 3. The topological polar surface area (TPSA) is 84.9 Å². The number of carbonyl (C=O) groups excluding carboxylic acids is 3. The molecule has 0 spiro atoms. The van der Waals surface area contributed by atoms with Gasteiger partial charge in [-0.25, -0.2) is 4.39 Å². The summed E-state index contributed by atoms with van der Waals surface area (Å²) < 4.78 is 24.3. The first-order valence-electron chi connectivity index (χ1n) is 11.9. The van der Waals surface area contributed by atoms with Crippen LogP contribution in [0.5, 0.6) is 11.5 Å². The standard InChI is InChI=1S/C29H27FN2O5S/c1-18(2)22-6-4-5-7-23(22)31-27(33)17-37-24-13-10-20(14-25(24)36-3)15-26-28(34)32(29(35)38-26)16-19-8-11-21(30)12-9-19/h4-15,18H,16-17H2,1-3H3,(H,31,33)/b26-15-. The van der Waals surface area contributed by atoms with Crippen molar-refractivity contribution in [2.45, 2.75) is 26.3 Å². The highest BCUT2D eigenvalue weighted by atomic mass is 32.2. The van der Waals surface area contributed by atoms with Crippen LogP contribution in [0.4, 0.5) is 14.9 Å². The lowest BCUT2D eigenvalue weighted by Gasteiger charge is -2.15. The van der Waals surface area contributed by atoms with E-state index in [4.69, 9.17) is 9.47 Å². The molecule has 1 aliphatic rings. The number of ether oxygens (including phenoxy) is 2. The molecule has 0 unspecified atom stereocenters. The zero-order valence-electron chi connectivity index (χ0n) is 21.2.